The first-order valence-corrected chi connectivity index (χ1v) is 7.54. The molecule has 1 heterocycles. The van der Waals surface area contributed by atoms with E-state index in [2.05, 4.69) is 36.3 Å². The molecule has 1 aliphatic carbocycles. The number of aryl methyl sites for hydroxylation is 1. The highest BCUT2D eigenvalue weighted by Gasteiger charge is 2.23. The third-order valence-corrected chi connectivity index (χ3v) is 3.87. The quantitative estimate of drug-likeness (QED) is 0.882. The van der Waals surface area contributed by atoms with Gasteiger partial charge >= 0.3 is 0 Å². The summed E-state index contributed by atoms with van der Waals surface area (Å²) in [5.74, 6) is 1.44. The first-order valence-electron chi connectivity index (χ1n) is 7.54. The van der Waals surface area contributed by atoms with Gasteiger partial charge in [0, 0.05) is 18.3 Å². The lowest BCUT2D eigenvalue weighted by Gasteiger charge is -2.29. The van der Waals surface area contributed by atoms with Crippen molar-refractivity contribution >= 4 is 0 Å². The second kappa shape index (κ2) is 6.90. The monoisotopic (exact) mass is 262 g/mol. The molecule has 1 fully saturated rings. The minimum atomic E-state index is 0.343. The molecule has 1 saturated carbocycles. The number of hydrogen-bond donors (Lipinski definition) is 1. The fraction of sp³-hybridized carbons (Fsp3) is 0.688. The Kier molecular flexibility index (Phi) is 5.20. The van der Waals surface area contributed by atoms with Crippen molar-refractivity contribution in [2.45, 2.75) is 59.1 Å². The Labute approximate surface area is 116 Å². The summed E-state index contributed by atoms with van der Waals surface area (Å²) in [4.78, 5) is 4.52. The summed E-state index contributed by atoms with van der Waals surface area (Å²) in [6, 6.07) is 4.21. The summed E-state index contributed by atoms with van der Waals surface area (Å²) in [6.07, 6.45) is 5.41. The molecule has 19 heavy (non-hydrogen) atoms. The molecule has 0 amide bonds. The molecule has 2 rings (SSSR count). The van der Waals surface area contributed by atoms with Crippen LogP contribution in [0.1, 0.15) is 50.8 Å². The molecule has 1 aromatic heterocycles. The third-order valence-electron chi connectivity index (χ3n) is 3.87. The molecular weight excluding hydrogens is 236 g/mol. The molecule has 0 aromatic carbocycles. The molecule has 2 atom stereocenters. The molecule has 1 aliphatic rings. The average Bonchev–Trinajstić information content (AvgIpc) is 2.38. The first-order chi connectivity index (χ1) is 9.19. The maximum Gasteiger partial charge on any atom is 0.214 e. The van der Waals surface area contributed by atoms with E-state index in [0.29, 0.717) is 12.0 Å². The SMILES string of the molecule is CCNCc1cc(C)nc(OC2CCCCC2C)c1. The Morgan fingerprint density at radius 1 is 1.32 bits per heavy atom. The van der Waals surface area contributed by atoms with Crippen molar-refractivity contribution in [3.8, 4) is 5.88 Å². The highest BCUT2D eigenvalue weighted by molar-refractivity contribution is 5.24. The van der Waals surface area contributed by atoms with Crippen LogP contribution >= 0.6 is 0 Å². The molecule has 3 nitrogen and oxygen atoms in total. The summed E-state index contributed by atoms with van der Waals surface area (Å²) in [5, 5.41) is 3.35. The lowest BCUT2D eigenvalue weighted by Crippen LogP contribution is -2.28. The minimum absolute atomic E-state index is 0.343. The Morgan fingerprint density at radius 3 is 2.84 bits per heavy atom. The number of ether oxygens (including phenoxy) is 1. The highest BCUT2D eigenvalue weighted by atomic mass is 16.5. The summed E-state index contributed by atoms with van der Waals surface area (Å²) < 4.78 is 6.13. The Morgan fingerprint density at radius 2 is 2.11 bits per heavy atom. The van der Waals surface area contributed by atoms with Crippen LogP contribution in [0.2, 0.25) is 0 Å². The summed E-state index contributed by atoms with van der Waals surface area (Å²) >= 11 is 0. The molecule has 0 bridgehead atoms. The lowest BCUT2D eigenvalue weighted by molar-refractivity contribution is 0.0973. The van der Waals surface area contributed by atoms with Gasteiger partial charge in [-0.25, -0.2) is 4.98 Å². The van der Waals surface area contributed by atoms with Crippen molar-refractivity contribution in [1.82, 2.24) is 10.3 Å². The van der Waals surface area contributed by atoms with E-state index in [1.165, 1.54) is 31.2 Å². The summed E-state index contributed by atoms with van der Waals surface area (Å²) in [5.41, 5.74) is 2.29. The zero-order chi connectivity index (χ0) is 13.7. The summed E-state index contributed by atoms with van der Waals surface area (Å²) in [6.45, 7) is 8.31. The molecule has 2 unspecified atom stereocenters. The van der Waals surface area contributed by atoms with Gasteiger partial charge in [0.2, 0.25) is 5.88 Å². The smallest absolute Gasteiger partial charge is 0.214 e. The minimum Gasteiger partial charge on any atom is -0.474 e. The molecule has 106 valence electrons. The van der Waals surface area contributed by atoms with Gasteiger partial charge in [0.15, 0.2) is 0 Å². The normalized spacial score (nSPS) is 23.3. The van der Waals surface area contributed by atoms with Crippen molar-refractivity contribution in [2.75, 3.05) is 6.54 Å². The largest absolute Gasteiger partial charge is 0.474 e. The predicted octanol–water partition coefficient (Wildman–Crippen LogP) is 3.46. The van der Waals surface area contributed by atoms with E-state index in [4.69, 9.17) is 4.74 Å². The lowest BCUT2D eigenvalue weighted by atomic mass is 9.88. The predicted molar refractivity (Wildman–Crippen MR) is 78.4 cm³/mol. The number of nitrogens with zero attached hydrogens (tertiary/aromatic N) is 1. The van der Waals surface area contributed by atoms with Crippen LogP contribution in [0.5, 0.6) is 5.88 Å². The van der Waals surface area contributed by atoms with Crippen LogP contribution in [0, 0.1) is 12.8 Å². The average molecular weight is 262 g/mol. The van der Waals surface area contributed by atoms with Crippen molar-refractivity contribution in [3.05, 3.63) is 23.4 Å². The second-order valence-electron chi connectivity index (χ2n) is 5.65. The number of nitrogens with one attached hydrogen (secondary N) is 1. The van der Waals surface area contributed by atoms with Gasteiger partial charge in [0.05, 0.1) is 0 Å². The second-order valence-corrected chi connectivity index (χ2v) is 5.65. The van der Waals surface area contributed by atoms with Crippen molar-refractivity contribution in [1.29, 1.82) is 0 Å². The van der Waals surface area contributed by atoms with Crippen molar-refractivity contribution in [2.24, 2.45) is 5.92 Å². The van der Waals surface area contributed by atoms with E-state index in [1.807, 2.05) is 6.92 Å². The molecule has 1 N–H and O–H groups in total. The Balaban J connectivity index is 2.04. The van der Waals surface area contributed by atoms with Crippen LogP contribution in [0.25, 0.3) is 0 Å². The topological polar surface area (TPSA) is 34.2 Å². The maximum atomic E-state index is 6.13. The van der Waals surface area contributed by atoms with E-state index in [9.17, 15) is 0 Å². The van der Waals surface area contributed by atoms with Gasteiger partial charge in [-0.05, 0) is 50.3 Å². The van der Waals surface area contributed by atoms with Crippen LogP contribution < -0.4 is 10.1 Å². The standard InChI is InChI=1S/C16H26N2O/c1-4-17-11-14-9-13(3)18-16(10-14)19-15-8-6-5-7-12(15)2/h9-10,12,15,17H,4-8,11H2,1-3H3. The van der Waals surface area contributed by atoms with Crippen LogP contribution in [0.15, 0.2) is 12.1 Å². The zero-order valence-corrected chi connectivity index (χ0v) is 12.4. The molecular formula is C16H26N2O. The highest BCUT2D eigenvalue weighted by Crippen LogP contribution is 2.27. The number of rotatable bonds is 5. The van der Waals surface area contributed by atoms with Gasteiger partial charge in [0.25, 0.3) is 0 Å². The molecule has 0 radical (unpaired) electrons. The van der Waals surface area contributed by atoms with E-state index >= 15 is 0 Å². The molecule has 1 aromatic rings. The van der Waals surface area contributed by atoms with Crippen molar-refractivity contribution < 1.29 is 4.74 Å². The van der Waals surface area contributed by atoms with Crippen LogP contribution in [0.4, 0.5) is 0 Å². The van der Waals surface area contributed by atoms with Crippen molar-refractivity contribution in [3.63, 3.8) is 0 Å². The van der Waals surface area contributed by atoms with Gasteiger partial charge in [-0.15, -0.1) is 0 Å². The van der Waals surface area contributed by atoms with Gasteiger partial charge < -0.3 is 10.1 Å². The van der Waals surface area contributed by atoms with Crippen LogP contribution in [-0.4, -0.2) is 17.6 Å². The zero-order valence-electron chi connectivity index (χ0n) is 12.4. The first kappa shape index (κ1) is 14.3. The number of pyridine rings is 1. The fourth-order valence-electron chi connectivity index (χ4n) is 2.75. The van der Waals surface area contributed by atoms with E-state index in [1.54, 1.807) is 0 Å². The van der Waals surface area contributed by atoms with Gasteiger partial charge in [-0.1, -0.05) is 20.3 Å². The fourth-order valence-corrected chi connectivity index (χ4v) is 2.75. The molecule has 0 saturated heterocycles. The maximum absolute atomic E-state index is 6.13. The van der Waals surface area contributed by atoms with Crippen LogP contribution in [0.3, 0.4) is 0 Å². The molecule has 0 spiro atoms. The van der Waals surface area contributed by atoms with E-state index < -0.39 is 0 Å². The van der Waals surface area contributed by atoms with E-state index in [0.717, 1.165) is 24.7 Å². The molecule has 3 heteroatoms. The van der Waals surface area contributed by atoms with E-state index in [-0.39, 0.29) is 0 Å². The van der Waals surface area contributed by atoms with Crippen LogP contribution in [-0.2, 0) is 6.54 Å². The van der Waals surface area contributed by atoms with Gasteiger partial charge in [0.1, 0.15) is 6.10 Å². The Bertz CT molecular complexity index is 406. The Hall–Kier alpha value is -1.09. The van der Waals surface area contributed by atoms with Gasteiger partial charge in [-0.3, -0.25) is 0 Å². The van der Waals surface area contributed by atoms with Gasteiger partial charge in [-0.2, -0.15) is 0 Å². The number of aromatic nitrogens is 1. The third kappa shape index (κ3) is 4.20. The number of hydrogen-bond acceptors (Lipinski definition) is 3. The molecule has 0 aliphatic heterocycles. The summed E-state index contributed by atoms with van der Waals surface area (Å²) in [7, 11) is 0.